The maximum Gasteiger partial charge on any atom is 0.253 e. The predicted octanol–water partition coefficient (Wildman–Crippen LogP) is 1.83. The van der Waals surface area contributed by atoms with Gasteiger partial charge in [-0.1, -0.05) is 52.8 Å². The van der Waals surface area contributed by atoms with Gasteiger partial charge in [0.15, 0.2) is 0 Å². The highest BCUT2D eigenvalue weighted by Crippen LogP contribution is 2.36. The minimum Gasteiger partial charge on any atom is -0.354 e. The molecule has 2 aliphatic rings. The molecule has 0 saturated heterocycles. The van der Waals surface area contributed by atoms with Gasteiger partial charge in [-0.2, -0.15) is 0 Å². The lowest BCUT2D eigenvalue weighted by molar-refractivity contribution is -0.139. The number of nitrogens with zero attached hydrogens (tertiary/aromatic N) is 3. The maximum absolute atomic E-state index is 13.9. The summed E-state index contributed by atoms with van der Waals surface area (Å²) in [5, 5.41) is 8.94. The third-order valence-electron chi connectivity index (χ3n) is 8.48. The van der Waals surface area contributed by atoms with E-state index in [4.69, 9.17) is 0 Å². The van der Waals surface area contributed by atoms with Crippen molar-refractivity contribution < 1.29 is 24.0 Å². The first-order valence-electron chi connectivity index (χ1n) is 15.1. The fourth-order valence-corrected chi connectivity index (χ4v) is 5.72. The first kappa shape index (κ1) is 34.5. The number of allylic oxidation sites excluding steroid dienone is 1. The van der Waals surface area contributed by atoms with E-state index in [0.29, 0.717) is 5.57 Å². The van der Waals surface area contributed by atoms with Gasteiger partial charge in [-0.15, -0.1) is 0 Å². The molecule has 1 aromatic heterocycles. The molecule has 1 unspecified atom stereocenters. The summed E-state index contributed by atoms with van der Waals surface area (Å²) >= 11 is 0. The molecule has 5 amide bonds. The van der Waals surface area contributed by atoms with Crippen LogP contribution in [0.4, 0.5) is 0 Å². The van der Waals surface area contributed by atoms with Crippen LogP contribution in [-0.4, -0.2) is 89.7 Å². The molecule has 1 aliphatic heterocycles. The highest BCUT2D eigenvalue weighted by atomic mass is 16.2. The van der Waals surface area contributed by atoms with Crippen LogP contribution in [-0.2, 0) is 42.9 Å². The number of nitrogens with one attached hydrogen (secondary N) is 3. The molecule has 0 saturated carbocycles. The first-order valence-corrected chi connectivity index (χ1v) is 15.1. The predicted molar refractivity (Wildman–Crippen MR) is 170 cm³/mol. The van der Waals surface area contributed by atoms with Crippen LogP contribution in [0, 0.1) is 5.41 Å². The van der Waals surface area contributed by atoms with Gasteiger partial charge >= 0.3 is 0 Å². The molecular weight excluding hydrogens is 560 g/mol. The average Bonchev–Trinajstić information content (AvgIpc) is 3.47. The van der Waals surface area contributed by atoms with Crippen molar-refractivity contribution in [1.82, 2.24) is 30.3 Å². The molecule has 1 aromatic rings. The summed E-state index contributed by atoms with van der Waals surface area (Å²) in [6, 6.07) is -1.43. The molecule has 0 radical (unpaired) electrons. The van der Waals surface area contributed by atoms with E-state index < -0.39 is 34.7 Å². The lowest BCUT2D eigenvalue weighted by atomic mass is 9.75. The molecule has 11 nitrogen and oxygen atoms in total. The SMILES string of the molecule is CN[C@H](C(=O)NC(C(=O)N(C)C/C=C(\C)C(=O)NCCN1C(=O)C=CC1=O)C(C)(C)C)C(C)(C)c1cn(C)c2c1C=CCC2. The molecule has 2 heterocycles. The standard InChI is InChI=1S/C33H48N6O5/c1-21(29(42)35-17-19-39-25(40)14-15-26(39)41)16-18-37(8)31(44)28(32(2,3)4)36-30(43)27(34-7)33(5,6)23-20-38(9)24-13-11-10-12-22(23)24/h10,12,14-16,20,27-28,34H,11,13,17-19H2,1-9H3,(H,35,42)(H,36,43)/b21-16+/t27-,28?/m1/s1. The molecule has 44 heavy (non-hydrogen) atoms. The Labute approximate surface area is 260 Å². The molecular formula is C33H48N6O5. The lowest BCUT2D eigenvalue weighted by Crippen LogP contribution is -2.60. The summed E-state index contributed by atoms with van der Waals surface area (Å²) in [5.41, 5.74) is 2.69. The van der Waals surface area contributed by atoms with Crippen LogP contribution >= 0.6 is 0 Å². The van der Waals surface area contributed by atoms with E-state index in [1.165, 1.54) is 22.7 Å². The summed E-state index contributed by atoms with van der Waals surface area (Å²) in [7, 11) is 5.43. The largest absolute Gasteiger partial charge is 0.354 e. The second-order valence-electron chi connectivity index (χ2n) is 13.2. The number of aryl methyl sites for hydroxylation is 1. The van der Waals surface area contributed by atoms with E-state index in [0.717, 1.165) is 28.9 Å². The van der Waals surface area contributed by atoms with Gasteiger partial charge in [-0.25, -0.2) is 0 Å². The minimum absolute atomic E-state index is 0.0723. The zero-order chi connectivity index (χ0) is 33.0. The van der Waals surface area contributed by atoms with Crippen molar-refractivity contribution in [2.45, 2.75) is 71.9 Å². The number of amides is 5. The Bertz CT molecular complexity index is 1380. The normalized spacial score (nSPS) is 16.6. The molecule has 2 atom stereocenters. The van der Waals surface area contributed by atoms with Crippen molar-refractivity contribution in [3.8, 4) is 0 Å². The van der Waals surface area contributed by atoms with E-state index in [2.05, 4.69) is 38.9 Å². The van der Waals surface area contributed by atoms with Gasteiger partial charge in [0, 0.05) is 68.8 Å². The monoisotopic (exact) mass is 608 g/mol. The fourth-order valence-electron chi connectivity index (χ4n) is 5.72. The zero-order valence-corrected chi connectivity index (χ0v) is 27.5. The van der Waals surface area contributed by atoms with Crippen molar-refractivity contribution in [2.24, 2.45) is 12.5 Å². The average molecular weight is 609 g/mol. The summed E-state index contributed by atoms with van der Waals surface area (Å²) in [6.07, 6.45) is 12.4. The molecule has 1 aliphatic carbocycles. The molecule has 0 aromatic carbocycles. The number of rotatable bonds is 12. The molecule has 0 fully saturated rings. The zero-order valence-electron chi connectivity index (χ0n) is 27.5. The molecule has 0 spiro atoms. The number of imide groups is 1. The van der Waals surface area contributed by atoms with Crippen LogP contribution in [0.3, 0.4) is 0 Å². The fraction of sp³-hybridized carbons (Fsp3) is 0.545. The van der Waals surface area contributed by atoms with E-state index in [-0.39, 0.29) is 37.4 Å². The topological polar surface area (TPSA) is 133 Å². The van der Waals surface area contributed by atoms with Crippen molar-refractivity contribution in [2.75, 3.05) is 33.7 Å². The van der Waals surface area contributed by atoms with Gasteiger partial charge in [-0.05, 0) is 43.4 Å². The van der Waals surface area contributed by atoms with Crippen molar-refractivity contribution in [3.05, 3.63) is 52.9 Å². The van der Waals surface area contributed by atoms with Crippen molar-refractivity contribution >= 4 is 35.6 Å². The third-order valence-corrected chi connectivity index (χ3v) is 8.48. The highest BCUT2D eigenvalue weighted by molar-refractivity contribution is 6.12. The number of carbonyl (C=O) groups excluding carboxylic acids is 5. The van der Waals surface area contributed by atoms with Gasteiger partial charge < -0.3 is 25.4 Å². The summed E-state index contributed by atoms with van der Waals surface area (Å²) < 4.78 is 2.14. The minimum atomic E-state index is -0.817. The molecule has 240 valence electrons. The Hall–Kier alpha value is -3.99. The Kier molecular flexibility index (Phi) is 10.8. The summed E-state index contributed by atoms with van der Waals surface area (Å²) in [4.78, 5) is 66.0. The van der Waals surface area contributed by atoms with E-state index in [1.807, 2.05) is 41.7 Å². The highest BCUT2D eigenvalue weighted by Gasteiger charge is 2.42. The first-order chi connectivity index (χ1) is 20.5. The quantitative estimate of drug-likeness (QED) is 0.245. The smallest absolute Gasteiger partial charge is 0.253 e. The van der Waals surface area contributed by atoms with E-state index in [1.54, 1.807) is 27.1 Å². The van der Waals surface area contributed by atoms with Crippen LogP contribution in [0.2, 0.25) is 0 Å². The van der Waals surface area contributed by atoms with Gasteiger partial charge in [0.2, 0.25) is 17.7 Å². The van der Waals surface area contributed by atoms with Crippen molar-refractivity contribution in [3.63, 3.8) is 0 Å². The van der Waals surface area contributed by atoms with E-state index >= 15 is 0 Å². The van der Waals surface area contributed by atoms with Crippen LogP contribution in [0.5, 0.6) is 0 Å². The second-order valence-corrected chi connectivity index (χ2v) is 13.2. The Morgan fingerprint density at radius 2 is 1.68 bits per heavy atom. The van der Waals surface area contributed by atoms with Crippen LogP contribution in [0.15, 0.2) is 36.1 Å². The summed E-state index contributed by atoms with van der Waals surface area (Å²) in [5.74, 6) is -1.72. The lowest BCUT2D eigenvalue weighted by Gasteiger charge is -2.38. The third kappa shape index (κ3) is 7.56. The number of fused-ring (bicyclic) bond motifs is 1. The molecule has 11 heteroatoms. The second kappa shape index (κ2) is 13.8. The van der Waals surface area contributed by atoms with Gasteiger partial charge in [0.1, 0.15) is 6.04 Å². The summed E-state index contributed by atoms with van der Waals surface area (Å²) in [6.45, 7) is 11.8. The number of aromatic nitrogens is 1. The number of hydrogen-bond acceptors (Lipinski definition) is 6. The van der Waals surface area contributed by atoms with Crippen molar-refractivity contribution in [1.29, 1.82) is 0 Å². The molecule has 3 N–H and O–H groups in total. The molecule has 0 bridgehead atoms. The van der Waals surface area contributed by atoms with Gasteiger partial charge in [0.25, 0.3) is 11.8 Å². The number of likely N-dealkylation sites (N-methyl/N-ethyl adjacent to an activating group) is 2. The number of hydrogen-bond donors (Lipinski definition) is 3. The van der Waals surface area contributed by atoms with Crippen LogP contribution in [0.1, 0.15) is 64.8 Å². The Morgan fingerprint density at radius 3 is 2.27 bits per heavy atom. The van der Waals surface area contributed by atoms with Gasteiger partial charge in [0.05, 0.1) is 6.04 Å². The van der Waals surface area contributed by atoms with Crippen LogP contribution < -0.4 is 16.0 Å². The van der Waals surface area contributed by atoms with Crippen LogP contribution in [0.25, 0.3) is 6.08 Å². The van der Waals surface area contributed by atoms with E-state index in [9.17, 15) is 24.0 Å². The van der Waals surface area contributed by atoms with Gasteiger partial charge in [-0.3, -0.25) is 28.9 Å². The number of carbonyl (C=O) groups is 5. The Balaban J connectivity index is 1.67. The Morgan fingerprint density at radius 1 is 1.05 bits per heavy atom. The molecule has 3 rings (SSSR count). The maximum atomic E-state index is 13.9.